The molecule has 2 N–H and O–H groups in total. The van der Waals surface area contributed by atoms with Gasteiger partial charge in [-0.2, -0.15) is 13.2 Å². The Morgan fingerprint density at radius 1 is 1.17 bits per heavy atom. The Morgan fingerprint density at radius 3 is 2.37 bits per heavy atom. The molecule has 2 rings (SSSR count). The zero-order valence-corrected chi connectivity index (χ0v) is 17.3. The van der Waals surface area contributed by atoms with Gasteiger partial charge in [-0.25, -0.2) is 4.39 Å². The van der Waals surface area contributed by atoms with Crippen molar-refractivity contribution in [3.8, 4) is 16.9 Å². The van der Waals surface area contributed by atoms with E-state index < -0.39 is 35.8 Å². The summed E-state index contributed by atoms with van der Waals surface area (Å²) < 4.78 is 60.0. The Bertz CT molecular complexity index is 902. The average Bonchev–Trinajstić information content (AvgIpc) is 2.65. The third kappa shape index (κ3) is 5.86. The molecular formula is C21H22ClF4NO3. The molecule has 30 heavy (non-hydrogen) atoms. The molecule has 2 atom stereocenters. The molecule has 0 fully saturated rings. The standard InChI is InChI=1S/C21H22ClF4NO3/c1-11(2)8-17(20(29)30-3)27-19(21(24,25)26)12-4-6-14(18(28)9-12)15-10-13(22)5-7-16(15)23/h4-7,9-11,17,19,27-28H,8H2,1-3H3. The highest BCUT2D eigenvalue weighted by Gasteiger charge is 2.43. The van der Waals surface area contributed by atoms with Crippen molar-refractivity contribution >= 4 is 17.6 Å². The van der Waals surface area contributed by atoms with Gasteiger partial charge in [-0.05, 0) is 42.2 Å². The lowest BCUT2D eigenvalue weighted by atomic mass is 9.97. The molecule has 0 radical (unpaired) electrons. The number of rotatable bonds is 7. The molecule has 4 nitrogen and oxygen atoms in total. The third-order valence-corrected chi connectivity index (χ3v) is 4.70. The minimum atomic E-state index is -4.77. The van der Waals surface area contributed by atoms with Crippen LogP contribution in [0, 0.1) is 11.7 Å². The Balaban J connectivity index is 2.44. The monoisotopic (exact) mass is 447 g/mol. The number of halogens is 5. The second-order valence-electron chi connectivity index (χ2n) is 7.25. The molecule has 0 amide bonds. The zero-order chi connectivity index (χ0) is 22.6. The van der Waals surface area contributed by atoms with Gasteiger partial charge in [0.2, 0.25) is 0 Å². The number of esters is 1. The highest BCUT2D eigenvalue weighted by atomic mass is 35.5. The molecule has 0 aromatic heterocycles. The number of aromatic hydroxyl groups is 1. The normalized spacial score (nSPS) is 13.9. The quantitative estimate of drug-likeness (QED) is 0.426. The summed E-state index contributed by atoms with van der Waals surface area (Å²) in [7, 11) is 1.10. The van der Waals surface area contributed by atoms with Crippen molar-refractivity contribution < 1.29 is 32.2 Å². The van der Waals surface area contributed by atoms with E-state index in [0.717, 1.165) is 25.3 Å². The molecule has 2 unspecified atom stereocenters. The van der Waals surface area contributed by atoms with Crippen LogP contribution in [0.5, 0.6) is 5.75 Å². The number of hydrogen-bond donors (Lipinski definition) is 2. The number of phenols is 1. The van der Waals surface area contributed by atoms with E-state index in [4.69, 9.17) is 11.6 Å². The summed E-state index contributed by atoms with van der Waals surface area (Å²) in [5, 5.41) is 12.8. The minimum Gasteiger partial charge on any atom is -0.507 e. The van der Waals surface area contributed by atoms with E-state index in [1.807, 2.05) is 0 Å². The van der Waals surface area contributed by atoms with E-state index in [9.17, 15) is 27.5 Å². The van der Waals surface area contributed by atoms with Crippen molar-refractivity contribution in [3.63, 3.8) is 0 Å². The highest BCUT2D eigenvalue weighted by molar-refractivity contribution is 6.30. The second-order valence-corrected chi connectivity index (χ2v) is 7.68. The molecule has 0 spiro atoms. The van der Waals surface area contributed by atoms with Gasteiger partial charge in [0, 0.05) is 16.1 Å². The minimum absolute atomic E-state index is 0.00799. The van der Waals surface area contributed by atoms with Gasteiger partial charge in [0.05, 0.1) is 7.11 Å². The first-order valence-corrected chi connectivity index (χ1v) is 9.50. The van der Waals surface area contributed by atoms with Gasteiger partial charge in [-0.1, -0.05) is 37.6 Å². The smallest absolute Gasteiger partial charge is 0.407 e. The van der Waals surface area contributed by atoms with Crippen molar-refractivity contribution in [2.75, 3.05) is 7.11 Å². The summed E-state index contributed by atoms with van der Waals surface area (Å²) in [6.45, 7) is 3.53. The summed E-state index contributed by atoms with van der Waals surface area (Å²) in [4.78, 5) is 12.0. The Morgan fingerprint density at radius 2 is 1.83 bits per heavy atom. The van der Waals surface area contributed by atoms with Crippen molar-refractivity contribution in [1.29, 1.82) is 0 Å². The highest BCUT2D eigenvalue weighted by Crippen LogP contribution is 2.39. The first kappa shape index (κ1) is 24.0. The fourth-order valence-electron chi connectivity index (χ4n) is 3.09. The topological polar surface area (TPSA) is 58.6 Å². The maximum Gasteiger partial charge on any atom is 0.407 e. The van der Waals surface area contributed by atoms with E-state index in [2.05, 4.69) is 10.1 Å². The fraction of sp³-hybridized carbons (Fsp3) is 0.381. The van der Waals surface area contributed by atoms with Crippen LogP contribution in [0.15, 0.2) is 36.4 Å². The number of carbonyl (C=O) groups excluding carboxylic acids is 1. The van der Waals surface area contributed by atoms with Gasteiger partial charge in [-0.15, -0.1) is 0 Å². The summed E-state index contributed by atoms with van der Waals surface area (Å²) in [5.74, 6) is -2.13. The van der Waals surface area contributed by atoms with E-state index in [1.165, 1.54) is 18.2 Å². The molecule has 0 aliphatic heterocycles. The van der Waals surface area contributed by atoms with Gasteiger partial charge in [0.25, 0.3) is 0 Å². The molecular weight excluding hydrogens is 426 g/mol. The van der Waals surface area contributed by atoms with E-state index in [0.29, 0.717) is 0 Å². The predicted octanol–water partition coefficient (Wildman–Crippen LogP) is 5.63. The third-order valence-electron chi connectivity index (χ3n) is 4.46. The number of carbonyl (C=O) groups is 1. The van der Waals surface area contributed by atoms with Gasteiger partial charge >= 0.3 is 12.1 Å². The van der Waals surface area contributed by atoms with E-state index >= 15 is 0 Å². The molecule has 2 aromatic rings. The number of phenolic OH excluding ortho intramolecular Hbond substituents is 1. The van der Waals surface area contributed by atoms with Crippen molar-refractivity contribution in [2.45, 2.75) is 38.5 Å². The molecule has 0 bridgehead atoms. The molecule has 0 saturated carbocycles. The van der Waals surface area contributed by atoms with Crippen LogP contribution in [0.25, 0.3) is 11.1 Å². The van der Waals surface area contributed by atoms with Crippen LogP contribution in [-0.4, -0.2) is 30.4 Å². The van der Waals surface area contributed by atoms with Crippen LogP contribution in [-0.2, 0) is 9.53 Å². The maximum absolute atomic E-state index is 14.1. The van der Waals surface area contributed by atoms with Crippen LogP contribution in [0.4, 0.5) is 17.6 Å². The summed E-state index contributed by atoms with van der Waals surface area (Å²) in [6, 6.07) is 3.42. The Labute approximate surface area is 176 Å². The van der Waals surface area contributed by atoms with Gasteiger partial charge < -0.3 is 9.84 Å². The largest absolute Gasteiger partial charge is 0.507 e. The lowest BCUT2D eigenvalue weighted by Crippen LogP contribution is -2.45. The second kappa shape index (κ2) is 9.66. The van der Waals surface area contributed by atoms with Crippen molar-refractivity contribution in [3.05, 3.63) is 52.8 Å². The molecule has 9 heteroatoms. The van der Waals surface area contributed by atoms with Crippen LogP contribution in [0.3, 0.4) is 0 Å². The number of alkyl halides is 3. The molecule has 164 valence electrons. The number of hydrogen-bond acceptors (Lipinski definition) is 4. The Hall–Kier alpha value is -2.32. The van der Waals surface area contributed by atoms with Gasteiger partial charge in [-0.3, -0.25) is 10.1 Å². The fourth-order valence-corrected chi connectivity index (χ4v) is 3.26. The molecule has 2 aromatic carbocycles. The van der Waals surface area contributed by atoms with Crippen LogP contribution < -0.4 is 5.32 Å². The molecule has 0 heterocycles. The first-order chi connectivity index (χ1) is 13.9. The summed E-state index contributed by atoms with van der Waals surface area (Å²) in [6.07, 6.45) is -4.64. The van der Waals surface area contributed by atoms with Crippen LogP contribution in [0.2, 0.25) is 5.02 Å². The van der Waals surface area contributed by atoms with E-state index in [1.54, 1.807) is 13.8 Å². The lowest BCUT2D eigenvalue weighted by molar-refractivity contribution is -0.164. The summed E-state index contributed by atoms with van der Waals surface area (Å²) in [5.41, 5.74) is -0.384. The zero-order valence-electron chi connectivity index (χ0n) is 16.6. The first-order valence-electron chi connectivity index (χ1n) is 9.13. The average molecular weight is 448 g/mol. The van der Waals surface area contributed by atoms with Crippen LogP contribution in [0.1, 0.15) is 31.9 Å². The molecule has 0 aliphatic rings. The molecule has 0 saturated heterocycles. The van der Waals surface area contributed by atoms with Crippen molar-refractivity contribution in [1.82, 2.24) is 5.32 Å². The number of methoxy groups -OCH3 is 1. The Kier molecular flexibility index (Phi) is 7.71. The lowest BCUT2D eigenvalue weighted by Gasteiger charge is -2.27. The van der Waals surface area contributed by atoms with Gasteiger partial charge in [0.15, 0.2) is 0 Å². The van der Waals surface area contributed by atoms with Crippen LogP contribution >= 0.6 is 11.6 Å². The van der Waals surface area contributed by atoms with E-state index in [-0.39, 0.29) is 34.1 Å². The predicted molar refractivity (Wildman–Crippen MR) is 106 cm³/mol. The van der Waals surface area contributed by atoms with Crippen molar-refractivity contribution in [2.24, 2.45) is 5.92 Å². The number of ether oxygens (including phenoxy) is 1. The summed E-state index contributed by atoms with van der Waals surface area (Å²) >= 11 is 5.85. The maximum atomic E-state index is 14.1. The SMILES string of the molecule is COC(=O)C(CC(C)C)NC(c1ccc(-c2cc(Cl)ccc2F)c(O)c1)C(F)(F)F. The van der Waals surface area contributed by atoms with Gasteiger partial charge in [0.1, 0.15) is 23.7 Å². The number of nitrogens with one attached hydrogen (secondary N) is 1. The molecule has 0 aliphatic carbocycles. The number of benzene rings is 2.